The lowest BCUT2D eigenvalue weighted by atomic mass is 10.1. The van der Waals surface area contributed by atoms with Crippen molar-refractivity contribution in [3.05, 3.63) is 119 Å². The molecule has 4 aromatic carbocycles. The zero-order valence-corrected chi connectivity index (χ0v) is 23.7. The normalized spacial score (nSPS) is 11.6. The van der Waals surface area contributed by atoms with Crippen LogP contribution in [0.15, 0.2) is 95.9 Å². The van der Waals surface area contributed by atoms with Crippen LogP contribution in [0.5, 0.6) is 0 Å². The Morgan fingerprint density at radius 2 is 1.50 bits per heavy atom. The number of nitrogens with one attached hydrogen (secondary N) is 2. The van der Waals surface area contributed by atoms with Gasteiger partial charge in [-0.25, -0.2) is 21.2 Å². The third-order valence-corrected chi connectivity index (χ3v) is 8.66. The maximum absolute atomic E-state index is 14.1. The maximum atomic E-state index is 14.1. The molecule has 2 N–H and O–H groups in total. The van der Waals surface area contributed by atoms with Crippen molar-refractivity contribution >= 4 is 43.0 Å². The van der Waals surface area contributed by atoms with Crippen LogP contribution in [-0.4, -0.2) is 29.0 Å². The van der Waals surface area contributed by atoms with Gasteiger partial charge in [-0.3, -0.25) is 13.8 Å². The van der Waals surface area contributed by atoms with E-state index >= 15 is 0 Å². The zero-order valence-electron chi connectivity index (χ0n) is 22.1. The zero-order chi connectivity index (χ0) is 29.1. The summed E-state index contributed by atoms with van der Waals surface area (Å²) in [5.74, 6) is -0.998. The Morgan fingerprint density at radius 1 is 0.850 bits per heavy atom. The molecule has 0 atom stereocenters. The summed E-state index contributed by atoms with van der Waals surface area (Å²) in [6, 6.07) is 22.9. The van der Waals surface area contributed by atoms with Crippen molar-refractivity contribution in [1.82, 2.24) is 0 Å². The molecule has 0 saturated carbocycles. The molecule has 0 spiro atoms. The van der Waals surface area contributed by atoms with Crippen molar-refractivity contribution in [2.45, 2.75) is 25.3 Å². The Labute approximate surface area is 233 Å². The number of amides is 1. The lowest BCUT2D eigenvalue weighted by Crippen LogP contribution is -2.29. The van der Waals surface area contributed by atoms with Gasteiger partial charge in [0, 0.05) is 16.8 Å². The molecule has 40 heavy (non-hydrogen) atoms. The molecule has 0 unspecified atom stereocenters. The number of nitrogens with zero attached hydrogens (tertiary/aromatic N) is 1. The lowest BCUT2D eigenvalue weighted by Gasteiger charge is -2.23. The van der Waals surface area contributed by atoms with Gasteiger partial charge in [-0.1, -0.05) is 35.9 Å². The summed E-state index contributed by atoms with van der Waals surface area (Å²) >= 11 is 0. The summed E-state index contributed by atoms with van der Waals surface area (Å²) in [6.07, 6.45) is 1.02. The van der Waals surface area contributed by atoms with E-state index in [1.807, 2.05) is 26.0 Å². The molecule has 208 valence electrons. The predicted octanol–water partition coefficient (Wildman–Crippen LogP) is 5.46. The van der Waals surface area contributed by atoms with E-state index in [4.69, 9.17) is 0 Å². The SMILES string of the molecule is Cc1ccc(NS(=O)(=O)c2ccc(NC(=O)c3ccc(N(Cc4ccccc4F)S(C)(=O)=O)cc3)cc2)c(C)c1. The Hall–Kier alpha value is -4.22. The van der Waals surface area contributed by atoms with E-state index in [-0.39, 0.29) is 28.3 Å². The molecule has 0 aliphatic rings. The van der Waals surface area contributed by atoms with Gasteiger partial charge in [-0.05, 0) is 80.1 Å². The number of benzene rings is 4. The van der Waals surface area contributed by atoms with Gasteiger partial charge in [-0.2, -0.15) is 0 Å². The van der Waals surface area contributed by atoms with E-state index in [0.29, 0.717) is 11.4 Å². The molecule has 11 heteroatoms. The summed E-state index contributed by atoms with van der Waals surface area (Å²) in [5, 5.41) is 2.69. The summed E-state index contributed by atoms with van der Waals surface area (Å²) in [7, 11) is -7.58. The van der Waals surface area contributed by atoms with Gasteiger partial charge in [0.1, 0.15) is 5.82 Å². The predicted molar refractivity (Wildman–Crippen MR) is 155 cm³/mol. The van der Waals surface area contributed by atoms with E-state index < -0.39 is 31.8 Å². The first-order valence-corrected chi connectivity index (χ1v) is 15.5. The van der Waals surface area contributed by atoms with Crippen LogP contribution in [0.25, 0.3) is 0 Å². The number of anilines is 3. The quantitative estimate of drug-likeness (QED) is 0.273. The van der Waals surface area contributed by atoms with Crippen LogP contribution < -0.4 is 14.3 Å². The molecule has 0 aromatic heterocycles. The highest BCUT2D eigenvalue weighted by molar-refractivity contribution is 7.92. The molecule has 0 fully saturated rings. The highest BCUT2D eigenvalue weighted by Crippen LogP contribution is 2.24. The van der Waals surface area contributed by atoms with Crippen LogP contribution in [0, 0.1) is 19.7 Å². The molecule has 0 saturated heterocycles. The van der Waals surface area contributed by atoms with Crippen LogP contribution in [0.4, 0.5) is 21.5 Å². The van der Waals surface area contributed by atoms with Crippen molar-refractivity contribution in [2.75, 3.05) is 20.6 Å². The van der Waals surface area contributed by atoms with Crippen molar-refractivity contribution in [1.29, 1.82) is 0 Å². The second-order valence-electron chi connectivity index (χ2n) is 9.31. The largest absolute Gasteiger partial charge is 0.322 e. The lowest BCUT2D eigenvalue weighted by molar-refractivity contribution is 0.102. The smallest absolute Gasteiger partial charge is 0.261 e. The van der Waals surface area contributed by atoms with Crippen LogP contribution in [0.2, 0.25) is 0 Å². The average molecular weight is 582 g/mol. The minimum absolute atomic E-state index is 0.0329. The number of hydrogen-bond acceptors (Lipinski definition) is 5. The van der Waals surface area contributed by atoms with Gasteiger partial charge in [0.05, 0.1) is 29.1 Å². The van der Waals surface area contributed by atoms with Gasteiger partial charge >= 0.3 is 0 Å². The van der Waals surface area contributed by atoms with E-state index in [1.54, 1.807) is 12.1 Å². The van der Waals surface area contributed by atoms with Gasteiger partial charge in [0.2, 0.25) is 10.0 Å². The first-order chi connectivity index (χ1) is 18.8. The number of halogens is 1. The molecular weight excluding hydrogens is 553 g/mol. The maximum Gasteiger partial charge on any atom is 0.261 e. The molecule has 0 heterocycles. The van der Waals surface area contributed by atoms with Crippen molar-refractivity contribution < 1.29 is 26.0 Å². The molecule has 4 rings (SSSR count). The molecule has 0 radical (unpaired) electrons. The monoisotopic (exact) mass is 581 g/mol. The fourth-order valence-corrected chi connectivity index (χ4v) is 6.02. The molecule has 0 aliphatic heterocycles. The van der Waals surface area contributed by atoms with E-state index in [9.17, 15) is 26.0 Å². The average Bonchev–Trinajstić information content (AvgIpc) is 2.89. The third-order valence-electron chi connectivity index (χ3n) is 6.14. The van der Waals surface area contributed by atoms with Gasteiger partial charge < -0.3 is 5.32 Å². The number of sulfonamides is 2. The molecule has 0 bridgehead atoms. The van der Waals surface area contributed by atoms with Gasteiger partial charge in [0.25, 0.3) is 15.9 Å². The van der Waals surface area contributed by atoms with E-state index in [1.165, 1.54) is 66.7 Å². The number of carbonyl (C=O) groups is 1. The third kappa shape index (κ3) is 6.85. The van der Waals surface area contributed by atoms with E-state index in [0.717, 1.165) is 21.7 Å². The van der Waals surface area contributed by atoms with Gasteiger partial charge in [0.15, 0.2) is 0 Å². The van der Waals surface area contributed by atoms with Crippen molar-refractivity contribution in [2.24, 2.45) is 0 Å². The Kier molecular flexibility index (Phi) is 8.26. The molecule has 4 aromatic rings. The number of rotatable bonds is 9. The summed E-state index contributed by atoms with van der Waals surface area (Å²) in [4.78, 5) is 12.8. The first kappa shape index (κ1) is 28.8. The molecule has 0 aliphatic carbocycles. The molecular formula is C29H28FN3O5S2. The second-order valence-corrected chi connectivity index (χ2v) is 12.9. The minimum Gasteiger partial charge on any atom is -0.322 e. The Balaban J connectivity index is 1.46. The number of carbonyl (C=O) groups excluding carboxylic acids is 1. The molecule has 8 nitrogen and oxygen atoms in total. The Morgan fingerprint density at radius 3 is 2.10 bits per heavy atom. The molecule has 1 amide bonds. The second kappa shape index (κ2) is 11.5. The minimum atomic E-state index is -3.84. The van der Waals surface area contributed by atoms with E-state index in [2.05, 4.69) is 10.0 Å². The summed E-state index contributed by atoms with van der Waals surface area (Å²) < 4.78 is 68.2. The van der Waals surface area contributed by atoms with Crippen LogP contribution in [0.3, 0.4) is 0 Å². The highest BCUT2D eigenvalue weighted by atomic mass is 32.2. The Bertz CT molecular complexity index is 1760. The number of hydrogen-bond donors (Lipinski definition) is 2. The standard InChI is InChI=1S/C29H28FN3O5S2/c1-20-8-17-28(21(2)18-20)32-40(37,38)26-15-11-24(12-16-26)31-29(34)22-9-13-25(14-10-22)33(39(3,35)36)19-23-6-4-5-7-27(23)30/h4-18,32H,19H2,1-3H3,(H,31,34). The summed E-state index contributed by atoms with van der Waals surface area (Å²) in [5.41, 5.74) is 3.40. The van der Waals surface area contributed by atoms with Crippen LogP contribution in [-0.2, 0) is 26.6 Å². The fraction of sp³-hybridized carbons (Fsp3) is 0.138. The number of aryl methyl sites for hydroxylation is 2. The summed E-state index contributed by atoms with van der Waals surface area (Å²) in [6.45, 7) is 3.54. The van der Waals surface area contributed by atoms with Crippen molar-refractivity contribution in [3.8, 4) is 0 Å². The topological polar surface area (TPSA) is 113 Å². The van der Waals surface area contributed by atoms with Crippen LogP contribution >= 0.6 is 0 Å². The first-order valence-electron chi connectivity index (χ1n) is 12.2. The van der Waals surface area contributed by atoms with Crippen molar-refractivity contribution in [3.63, 3.8) is 0 Å². The van der Waals surface area contributed by atoms with Gasteiger partial charge in [-0.15, -0.1) is 0 Å². The highest BCUT2D eigenvalue weighted by Gasteiger charge is 2.20. The fourth-order valence-electron chi connectivity index (χ4n) is 4.01. The van der Waals surface area contributed by atoms with Crippen LogP contribution in [0.1, 0.15) is 27.0 Å².